The molecular weight excluding hydrogens is 156 g/mol. The van der Waals surface area contributed by atoms with Gasteiger partial charge in [0.15, 0.2) is 11.3 Å². The van der Waals surface area contributed by atoms with E-state index in [4.69, 9.17) is 0 Å². The summed E-state index contributed by atoms with van der Waals surface area (Å²) in [5.41, 5.74) is 1.26. The first-order valence-corrected chi connectivity index (χ1v) is 3.54. The molecule has 0 spiro atoms. The van der Waals surface area contributed by atoms with Crippen molar-refractivity contribution < 1.29 is 0 Å². The number of aryl methyl sites for hydroxylation is 1. The van der Waals surface area contributed by atoms with E-state index in [2.05, 4.69) is 30.7 Å². The molecule has 2 aromatic heterocycles. The van der Waals surface area contributed by atoms with Gasteiger partial charge < -0.3 is 5.32 Å². The number of anilines is 1. The van der Waals surface area contributed by atoms with Crippen LogP contribution in [0.3, 0.4) is 0 Å². The fraction of sp³-hybridized carbons (Fsp3) is 0.333. The molecule has 0 saturated carbocycles. The summed E-state index contributed by atoms with van der Waals surface area (Å²) in [6, 6.07) is 0. The number of rotatable bonds is 1. The molecule has 0 aliphatic carbocycles. The molecule has 0 unspecified atom stereocenters. The number of fused-ring (bicyclic) bond motifs is 1. The Morgan fingerprint density at radius 3 is 2.83 bits per heavy atom. The van der Waals surface area contributed by atoms with Crippen LogP contribution in [0.2, 0.25) is 0 Å². The Bertz CT molecular complexity index is 405. The van der Waals surface area contributed by atoms with Gasteiger partial charge in [-0.05, 0) is 6.92 Å². The van der Waals surface area contributed by atoms with E-state index in [0.29, 0.717) is 22.8 Å². The quantitative estimate of drug-likeness (QED) is 0.624. The second kappa shape index (κ2) is 2.40. The van der Waals surface area contributed by atoms with Crippen LogP contribution in [-0.4, -0.2) is 32.4 Å². The monoisotopic (exact) mass is 164 g/mol. The second-order valence-electron chi connectivity index (χ2n) is 2.37. The van der Waals surface area contributed by atoms with Crippen LogP contribution in [-0.2, 0) is 0 Å². The van der Waals surface area contributed by atoms with Crippen molar-refractivity contribution in [3.63, 3.8) is 0 Å². The minimum atomic E-state index is 0.590. The first-order valence-electron chi connectivity index (χ1n) is 3.54. The molecule has 0 fully saturated rings. The number of aromatic amines is 1. The Labute approximate surface area is 68.4 Å². The molecule has 2 aromatic rings. The average molecular weight is 164 g/mol. The molecular formula is C6H8N6. The molecule has 0 bridgehead atoms. The summed E-state index contributed by atoms with van der Waals surface area (Å²) >= 11 is 0. The highest BCUT2D eigenvalue weighted by molar-refractivity contribution is 5.81. The predicted octanol–water partition coefficient (Wildman–Crippen LogP) is 0.0980. The van der Waals surface area contributed by atoms with Crippen LogP contribution in [0.5, 0.6) is 0 Å². The van der Waals surface area contributed by atoms with Gasteiger partial charge >= 0.3 is 0 Å². The molecule has 0 saturated heterocycles. The molecule has 12 heavy (non-hydrogen) atoms. The van der Waals surface area contributed by atoms with Crippen LogP contribution in [0, 0.1) is 6.92 Å². The molecule has 0 aliphatic heterocycles. The Hall–Kier alpha value is -1.72. The molecule has 0 aliphatic rings. The second-order valence-corrected chi connectivity index (χ2v) is 2.37. The lowest BCUT2D eigenvalue weighted by Gasteiger charge is -1.98. The van der Waals surface area contributed by atoms with E-state index in [1.54, 1.807) is 7.05 Å². The lowest BCUT2D eigenvalue weighted by molar-refractivity contribution is 0.953. The molecule has 6 heteroatoms. The van der Waals surface area contributed by atoms with Crippen molar-refractivity contribution in [2.24, 2.45) is 0 Å². The highest BCUT2D eigenvalue weighted by Gasteiger charge is 2.06. The molecule has 2 heterocycles. The van der Waals surface area contributed by atoms with Crippen molar-refractivity contribution in [1.29, 1.82) is 0 Å². The number of nitrogens with zero attached hydrogens (tertiary/aromatic N) is 4. The zero-order valence-electron chi connectivity index (χ0n) is 6.79. The zero-order valence-corrected chi connectivity index (χ0v) is 6.79. The lowest BCUT2D eigenvalue weighted by atomic mass is 10.5. The Balaban J connectivity index is 2.80. The third-order valence-corrected chi connectivity index (χ3v) is 1.53. The largest absolute Gasteiger partial charge is 0.371 e. The molecule has 2 rings (SSSR count). The van der Waals surface area contributed by atoms with Gasteiger partial charge in [0.2, 0.25) is 5.65 Å². The highest BCUT2D eigenvalue weighted by Crippen LogP contribution is 2.13. The van der Waals surface area contributed by atoms with E-state index in [1.807, 2.05) is 6.92 Å². The van der Waals surface area contributed by atoms with E-state index in [0.717, 1.165) is 0 Å². The molecule has 0 amide bonds. The van der Waals surface area contributed by atoms with Gasteiger partial charge in [0.05, 0.1) is 0 Å². The normalized spacial score (nSPS) is 10.5. The summed E-state index contributed by atoms with van der Waals surface area (Å²) in [6.45, 7) is 1.81. The predicted molar refractivity (Wildman–Crippen MR) is 43.8 cm³/mol. The van der Waals surface area contributed by atoms with Crippen LogP contribution in [0.25, 0.3) is 11.2 Å². The van der Waals surface area contributed by atoms with Gasteiger partial charge in [-0.3, -0.25) is 0 Å². The number of H-pyrrole nitrogens is 1. The van der Waals surface area contributed by atoms with Crippen LogP contribution in [0.4, 0.5) is 5.82 Å². The van der Waals surface area contributed by atoms with Crippen molar-refractivity contribution in [2.45, 2.75) is 6.92 Å². The van der Waals surface area contributed by atoms with E-state index in [-0.39, 0.29) is 0 Å². The van der Waals surface area contributed by atoms with Crippen LogP contribution in [0.15, 0.2) is 0 Å². The van der Waals surface area contributed by atoms with Gasteiger partial charge in [-0.15, -0.1) is 5.10 Å². The molecule has 6 nitrogen and oxygen atoms in total. The Kier molecular flexibility index (Phi) is 1.39. The number of hydrogen-bond donors (Lipinski definition) is 2. The van der Waals surface area contributed by atoms with E-state index in [1.165, 1.54) is 0 Å². The van der Waals surface area contributed by atoms with Crippen LogP contribution < -0.4 is 5.32 Å². The molecule has 0 radical (unpaired) electrons. The summed E-state index contributed by atoms with van der Waals surface area (Å²) in [4.78, 5) is 8.24. The van der Waals surface area contributed by atoms with Gasteiger partial charge in [-0.1, -0.05) is 0 Å². The molecule has 0 atom stereocenters. The minimum absolute atomic E-state index is 0.590. The van der Waals surface area contributed by atoms with Gasteiger partial charge in [-0.2, -0.15) is 10.3 Å². The summed E-state index contributed by atoms with van der Waals surface area (Å²) < 4.78 is 0. The number of nitrogens with one attached hydrogen (secondary N) is 2. The maximum atomic E-state index is 4.15. The summed E-state index contributed by atoms with van der Waals surface area (Å²) in [5.74, 6) is 1.38. The molecule has 2 N–H and O–H groups in total. The number of aromatic nitrogens is 5. The van der Waals surface area contributed by atoms with Crippen LogP contribution in [0.1, 0.15) is 5.82 Å². The minimum Gasteiger partial charge on any atom is -0.371 e. The molecule has 62 valence electrons. The van der Waals surface area contributed by atoms with Crippen molar-refractivity contribution in [3.05, 3.63) is 5.82 Å². The third-order valence-electron chi connectivity index (χ3n) is 1.53. The zero-order chi connectivity index (χ0) is 8.55. The van der Waals surface area contributed by atoms with E-state index < -0.39 is 0 Å². The van der Waals surface area contributed by atoms with Gasteiger partial charge in [-0.25, -0.2) is 9.97 Å². The summed E-state index contributed by atoms with van der Waals surface area (Å²) in [5, 5.41) is 13.2. The SMILES string of the molecule is CNc1nc(C)nc2n[nH]nc12. The Morgan fingerprint density at radius 2 is 2.08 bits per heavy atom. The van der Waals surface area contributed by atoms with Gasteiger partial charge in [0.1, 0.15) is 5.82 Å². The first kappa shape index (κ1) is 6.96. The van der Waals surface area contributed by atoms with Crippen molar-refractivity contribution in [3.8, 4) is 0 Å². The standard InChI is InChI=1S/C6H8N6/c1-3-8-5(7-2)4-6(9-3)11-12-10-4/h1-2H3,(H2,7,8,9,10,11,12). The Morgan fingerprint density at radius 1 is 1.25 bits per heavy atom. The molecule has 0 aromatic carbocycles. The fourth-order valence-electron chi connectivity index (χ4n) is 1.03. The average Bonchev–Trinajstić information content (AvgIpc) is 2.50. The third kappa shape index (κ3) is 0.884. The van der Waals surface area contributed by atoms with Gasteiger partial charge in [0.25, 0.3) is 0 Å². The highest BCUT2D eigenvalue weighted by atomic mass is 15.3. The first-order chi connectivity index (χ1) is 5.81. The van der Waals surface area contributed by atoms with E-state index >= 15 is 0 Å². The maximum absolute atomic E-state index is 4.15. The van der Waals surface area contributed by atoms with Crippen LogP contribution >= 0.6 is 0 Å². The smallest absolute Gasteiger partial charge is 0.207 e. The maximum Gasteiger partial charge on any atom is 0.207 e. The summed E-state index contributed by atoms with van der Waals surface area (Å²) in [7, 11) is 1.79. The summed E-state index contributed by atoms with van der Waals surface area (Å²) in [6.07, 6.45) is 0. The van der Waals surface area contributed by atoms with E-state index in [9.17, 15) is 0 Å². The lowest BCUT2D eigenvalue weighted by Crippen LogP contribution is -1.97. The topological polar surface area (TPSA) is 79.4 Å². The van der Waals surface area contributed by atoms with Crippen molar-refractivity contribution >= 4 is 17.0 Å². The number of hydrogen-bond acceptors (Lipinski definition) is 5. The van der Waals surface area contributed by atoms with Crippen molar-refractivity contribution in [2.75, 3.05) is 12.4 Å². The van der Waals surface area contributed by atoms with Gasteiger partial charge in [0, 0.05) is 7.05 Å². The van der Waals surface area contributed by atoms with Crippen molar-refractivity contribution in [1.82, 2.24) is 25.4 Å². The fourth-order valence-corrected chi connectivity index (χ4v) is 1.03.